The fourth-order valence-corrected chi connectivity index (χ4v) is 4.27. The number of aliphatic hydroxyl groups is 1. The molecule has 6 heteroatoms. The van der Waals surface area contributed by atoms with Gasteiger partial charge in [-0.05, 0) is 19.3 Å². The maximum atomic E-state index is 12.1. The van der Waals surface area contributed by atoms with Crippen LogP contribution in [0.5, 0.6) is 0 Å². The Morgan fingerprint density at radius 3 is 2.69 bits per heavy atom. The molecule has 2 saturated heterocycles. The number of hydrogen-bond acceptors (Lipinski definition) is 4. The summed E-state index contributed by atoms with van der Waals surface area (Å²) in [4.78, 5) is 13.7. The average Bonchev–Trinajstić information content (AvgIpc) is 2.82. The summed E-state index contributed by atoms with van der Waals surface area (Å²) >= 11 is 0. The molecule has 2 atom stereocenters. The van der Waals surface area contributed by atoms with E-state index in [2.05, 4.69) is 0 Å². The highest BCUT2D eigenvalue weighted by Crippen LogP contribution is 2.25. The summed E-state index contributed by atoms with van der Waals surface area (Å²) < 4.78 is 22.6. The standard InChI is InChI=1S/C10H17NO4S/c12-6-9-2-1-4-11(9)10(13)8-3-5-16(14,15)7-8/h8-9,12H,1-7H2. The first kappa shape index (κ1) is 11.9. The van der Waals surface area contributed by atoms with Gasteiger partial charge in [-0.25, -0.2) is 8.42 Å². The lowest BCUT2D eigenvalue weighted by atomic mass is 10.1. The summed E-state index contributed by atoms with van der Waals surface area (Å²) in [6.07, 6.45) is 2.16. The van der Waals surface area contributed by atoms with E-state index in [1.54, 1.807) is 4.90 Å². The molecule has 0 bridgehead atoms. The van der Waals surface area contributed by atoms with Gasteiger partial charge in [0, 0.05) is 6.54 Å². The van der Waals surface area contributed by atoms with E-state index in [4.69, 9.17) is 5.11 Å². The van der Waals surface area contributed by atoms with E-state index in [0.29, 0.717) is 13.0 Å². The third-order valence-corrected chi connectivity index (χ3v) is 5.22. The van der Waals surface area contributed by atoms with E-state index in [0.717, 1.165) is 12.8 Å². The Kier molecular flexibility index (Phi) is 3.21. The predicted molar refractivity (Wildman–Crippen MR) is 58.6 cm³/mol. The minimum absolute atomic E-state index is 0.0134. The molecule has 2 fully saturated rings. The van der Waals surface area contributed by atoms with Gasteiger partial charge in [0.15, 0.2) is 9.84 Å². The Balaban J connectivity index is 2.03. The van der Waals surface area contributed by atoms with Gasteiger partial charge in [0.1, 0.15) is 0 Å². The molecule has 2 aliphatic heterocycles. The molecule has 5 nitrogen and oxygen atoms in total. The van der Waals surface area contributed by atoms with Crippen molar-refractivity contribution in [2.45, 2.75) is 25.3 Å². The molecular weight excluding hydrogens is 230 g/mol. The van der Waals surface area contributed by atoms with Crippen LogP contribution in [0.25, 0.3) is 0 Å². The zero-order chi connectivity index (χ0) is 11.8. The number of amides is 1. The van der Waals surface area contributed by atoms with Crippen molar-refractivity contribution in [1.82, 2.24) is 4.90 Å². The Hall–Kier alpha value is -0.620. The van der Waals surface area contributed by atoms with Gasteiger partial charge in [-0.2, -0.15) is 0 Å². The summed E-state index contributed by atoms with van der Waals surface area (Å²) in [7, 11) is -3.00. The van der Waals surface area contributed by atoms with Crippen molar-refractivity contribution in [1.29, 1.82) is 0 Å². The number of sulfone groups is 1. The highest BCUT2D eigenvalue weighted by atomic mass is 32.2. The smallest absolute Gasteiger partial charge is 0.227 e. The van der Waals surface area contributed by atoms with Crippen LogP contribution in [-0.4, -0.2) is 55.0 Å². The molecular formula is C10H17NO4S. The van der Waals surface area contributed by atoms with Gasteiger partial charge in [-0.1, -0.05) is 0 Å². The van der Waals surface area contributed by atoms with Crippen molar-refractivity contribution < 1.29 is 18.3 Å². The number of hydrogen-bond donors (Lipinski definition) is 1. The normalized spacial score (nSPS) is 33.2. The second-order valence-electron chi connectivity index (χ2n) is 4.61. The molecule has 0 saturated carbocycles. The van der Waals surface area contributed by atoms with Crippen LogP contribution < -0.4 is 0 Å². The summed E-state index contributed by atoms with van der Waals surface area (Å²) in [6, 6.07) is -0.101. The first-order valence-electron chi connectivity index (χ1n) is 5.65. The van der Waals surface area contributed by atoms with E-state index in [-0.39, 0.29) is 36.0 Å². The molecule has 2 heterocycles. The second kappa shape index (κ2) is 4.33. The van der Waals surface area contributed by atoms with Gasteiger partial charge >= 0.3 is 0 Å². The van der Waals surface area contributed by atoms with Crippen LogP contribution in [-0.2, 0) is 14.6 Å². The SMILES string of the molecule is O=C(C1CCS(=O)(=O)C1)N1CCCC1CO. The second-order valence-corrected chi connectivity index (χ2v) is 6.84. The van der Waals surface area contributed by atoms with Crippen molar-refractivity contribution in [3.8, 4) is 0 Å². The highest BCUT2D eigenvalue weighted by molar-refractivity contribution is 7.91. The third-order valence-electron chi connectivity index (χ3n) is 3.45. The molecule has 0 radical (unpaired) electrons. The lowest BCUT2D eigenvalue weighted by Crippen LogP contribution is -2.41. The predicted octanol–water partition coefficient (Wildman–Crippen LogP) is -0.596. The molecule has 2 aliphatic rings. The number of carbonyl (C=O) groups excluding carboxylic acids is 1. The Labute approximate surface area is 95.4 Å². The Morgan fingerprint density at radius 2 is 2.12 bits per heavy atom. The Bertz CT molecular complexity index is 378. The monoisotopic (exact) mass is 247 g/mol. The molecule has 0 aromatic heterocycles. The van der Waals surface area contributed by atoms with Crippen molar-refractivity contribution >= 4 is 15.7 Å². The number of rotatable bonds is 2. The molecule has 2 unspecified atom stereocenters. The van der Waals surface area contributed by atoms with Gasteiger partial charge in [-0.3, -0.25) is 4.79 Å². The molecule has 0 aliphatic carbocycles. The average molecular weight is 247 g/mol. The molecule has 1 amide bonds. The lowest BCUT2D eigenvalue weighted by molar-refractivity contribution is -0.136. The molecule has 0 aromatic carbocycles. The number of likely N-dealkylation sites (tertiary alicyclic amines) is 1. The molecule has 16 heavy (non-hydrogen) atoms. The van der Waals surface area contributed by atoms with E-state index in [9.17, 15) is 13.2 Å². The quantitative estimate of drug-likeness (QED) is 0.707. The van der Waals surface area contributed by atoms with Gasteiger partial charge in [-0.15, -0.1) is 0 Å². The Morgan fingerprint density at radius 1 is 1.38 bits per heavy atom. The highest BCUT2D eigenvalue weighted by Gasteiger charge is 2.38. The van der Waals surface area contributed by atoms with Crippen molar-refractivity contribution in [3.05, 3.63) is 0 Å². The van der Waals surface area contributed by atoms with Gasteiger partial charge < -0.3 is 10.0 Å². The minimum Gasteiger partial charge on any atom is -0.394 e. The number of aliphatic hydroxyl groups excluding tert-OH is 1. The zero-order valence-electron chi connectivity index (χ0n) is 9.13. The van der Waals surface area contributed by atoms with Crippen LogP contribution in [0, 0.1) is 5.92 Å². The third kappa shape index (κ3) is 2.22. The fraction of sp³-hybridized carbons (Fsp3) is 0.900. The van der Waals surface area contributed by atoms with Crippen LogP contribution in [0.15, 0.2) is 0 Å². The van der Waals surface area contributed by atoms with Crippen LogP contribution in [0.1, 0.15) is 19.3 Å². The zero-order valence-corrected chi connectivity index (χ0v) is 9.95. The summed E-state index contributed by atoms with van der Waals surface area (Å²) in [6.45, 7) is 0.631. The topological polar surface area (TPSA) is 74.7 Å². The summed E-state index contributed by atoms with van der Waals surface area (Å²) in [5.74, 6) is -0.351. The maximum absolute atomic E-state index is 12.1. The van der Waals surface area contributed by atoms with Gasteiger partial charge in [0.25, 0.3) is 0 Å². The number of nitrogens with zero attached hydrogens (tertiary/aromatic N) is 1. The van der Waals surface area contributed by atoms with Crippen LogP contribution in [0.2, 0.25) is 0 Å². The number of carbonyl (C=O) groups is 1. The van der Waals surface area contributed by atoms with Gasteiger partial charge in [0.2, 0.25) is 5.91 Å². The van der Waals surface area contributed by atoms with E-state index in [1.165, 1.54) is 0 Å². The lowest BCUT2D eigenvalue weighted by Gasteiger charge is -2.25. The molecule has 0 aromatic rings. The van der Waals surface area contributed by atoms with Gasteiger partial charge in [0.05, 0.1) is 30.1 Å². The first-order chi connectivity index (χ1) is 7.53. The van der Waals surface area contributed by atoms with Crippen LogP contribution in [0.3, 0.4) is 0 Å². The minimum atomic E-state index is -3.00. The molecule has 0 spiro atoms. The largest absolute Gasteiger partial charge is 0.394 e. The maximum Gasteiger partial charge on any atom is 0.227 e. The van der Waals surface area contributed by atoms with E-state index < -0.39 is 9.84 Å². The van der Waals surface area contributed by atoms with Crippen LogP contribution >= 0.6 is 0 Å². The summed E-state index contributed by atoms with van der Waals surface area (Å²) in [5.41, 5.74) is 0. The summed E-state index contributed by atoms with van der Waals surface area (Å²) in [5, 5.41) is 9.12. The molecule has 1 N–H and O–H groups in total. The fourth-order valence-electron chi connectivity index (χ4n) is 2.54. The van der Waals surface area contributed by atoms with Crippen molar-refractivity contribution in [2.75, 3.05) is 24.7 Å². The molecule has 2 rings (SSSR count). The van der Waals surface area contributed by atoms with Crippen LogP contribution in [0.4, 0.5) is 0 Å². The first-order valence-corrected chi connectivity index (χ1v) is 7.47. The van der Waals surface area contributed by atoms with Crippen molar-refractivity contribution in [3.63, 3.8) is 0 Å². The van der Waals surface area contributed by atoms with Crippen molar-refractivity contribution in [2.24, 2.45) is 5.92 Å². The van der Waals surface area contributed by atoms with E-state index in [1.807, 2.05) is 0 Å². The molecule has 92 valence electrons. The van der Waals surface area contributed by atoms with E-state index >= 15 is 0 Å².